The van der Waals surface area contributed by atoms with Crippen LogP contribution in [-0.2, 0) is 4.74 Å². The summed E-state index contributed by atoms with van der Waals surface area (Å²) in [5.41, 5.74) is 1.18. The Hall–Kier alpha value is -2.63. The lowest BCUT2D eigenvalue weighted by molar-refractivity contribution is 0.0527. The van der Waals surface area contributed by atoms with Crippen LogP contribution < -0.4 is 10.2 Å². The summed E-state index contributed by atoms with van der Waals surface area (Å²) in [5.74, 6) is 2.64. The van der Waals surface area contributed by atoms with Crippen LogP contribution in [0.15, 0.2) is 30.3 Å². The van der Waals surface area contributed by atoms with Gasteiger partial charge in [-0.15, -0.1) is 0 Å². The molecule has 1 aromatic carbocycles. The van der Waals surface area contributed by atoms with Gasteiger partial charge in [0, 0.05) is 19.2 Å². The Morgan fingerprint density at radius 3 is 2.92 bits per heavy atom. The summed E-state index contributed by atoms with van der Waals surface area (Å²) in [6.07, 6.45) is 2.44. The number of aromatic nitrogens is 2. The van der Waals surface area contributed by atoms with E-state index in [-0.39, 0.29) is 5.97 Å². The zero-order valence-electron chi connectivity index (χ0n) is 15.7. The van der Waals surface area contributed by atoms with Gasteiger partial charge in [-0.25, -0.2) is 14.8 Å². The van der Waals surface area contributed by atoms with Gasteiger partial charge in [-0.3, -0.25) is 0 Å². The van der Waals surface area contributed by atoms with Gasteiger partial charge in [-0.1, -0.05) is 19.1 Å². The quantitative estimate of drug-likeness (QED) is 0.820. The molecule has 6 heteroatoms. The Kier molecular flexibility index (Phi) is 5.71. The zero-order chi connectivity index (χ0) is 18.5. The van der Waals surface area contributed by atoms with E-state index in [4.69, 9.17) is 4.74 Å². The van der Waals surface area contributed by atoms with Gasteiger partial charge in [0.1, 0.15) is 17.5 Å². The molecule has 26 heavy (non-hydrogen) atoms. The number of esters is 1. The third-order valence-electron chi connectivity index (χ3n) is 4.49. The maximum absolute atomic E-state index is 12.2. The van der Waals surface area contributed by atoms with Gasteiger partial charge in [0.25, 0.3) is 0 Å². The second kappa shape index (κ2) is 8.17. The number of carbonyl (C=O) groups is 1. The first-order valence-corrected chi connectivity index (χ1v) is 9.20. The highest BCUT2D eigenvalue weighted by Gasteiger charge is 2.19. The maximum Gasteiger partial charge on any atom is 0.340 e. The number of benzene rings is 1. The third kappa shape index (κ3) is 4.31. The fourth-order valence-electron chi connectivity index (χ4n) is 3.29. The number of nitrogens with one attached hydrogen (secondary N) is 1. The molecule has 0 amide bonds. The first kappa shape index (κ1) is 18.2. The molecule has 0 saturated carbocycles. The van der Waals surface area contributed by atoms with Gasteiger partial charge < -0.3 is 15.0 Å². The molecular weight excluding hydrogens is 328 g/mol. The van der Waals surface area contributed by atoms with Crippen molar-refractivity contribution in [3.8, 4) is 0 Å². The van der Waals surface area contributed by atoms with Crippen molar-refractivity contribution in [2.24, 2.45) is 5.92 Å². The largest absolute Gasteiger partial charge is 0.462 e. The Bertz CT molecular complexity index is 778. The predicted octanol–water partition coefficient (Wildman–Crippen LogP) is 3.94. The molecule has 2 heterocycles. The first-order chi connectivity index (χ1) is 12.6. The van der Waals surface area contributed by atoms with Crippen molar-refractivity contribution in [3.05, 3.63) is 41.7 Å². The number of piperidine rings is 1. The molecule has 3 rings (SSSR count). The molecule has 1 aromatic heterocycles. The van der Waals surface area contributed by atoms with Crippen LogP contribution in [0.1, 0.15) is 42.9 Å². The van der Waals surface area contributed by atoms with Gasteiger partial charge in [-0.05, 0) is 44.7 Å². The Morgan fingerprint density at radius 1 is 1.35 bits per heavy atom. The van der Waals surface area contributed by atoms with Crippen molar-refractivity contribution in [2.75, 3.05) is 29.9 Å². The van der Waals surface area contributed by atoms with Crippen molar-refractivity contribution in [1.82, 2.24) is 9.97 Å². The standard InChI is InChI=1S/C20H26N4O2/c1-4-26-20(25)16-9-5-6-10-17(16)23-18-12-19(22-15(3)21-18)24-11-7-8-14(2)13-24/h5-6,9-10,12,14H,4,7-8,11,13H2,1-3H3,(H,21,22,23). The average molecular weight is 354 g/mol. The second-order valence-electron chi connectivity index (χ2n) is 6.74. The SMILES string of the molecule is CCOC(=O)c1ccccc1Nc1cc(N2CCCC(C)C2)nc(C)n1. The summed E-state index contributed by atoms with van der Waals surface area (Å²) < 4.78 is 5.14. The monoisotopic (exact) mass is 354 g/mol. The summed E-state index contributed by atoms with van der Waals surface area (Å²) in [7, 11) is 0. The zero-order valence-corrected chi connectivity index (χ0v) is 15.7. The molecule has 138 valence electrons. The lowest BCUT2D eigenvalue weighted by Crippen LogP contribution is -2.35. The molecule has 0 aliphatic carbocycles. The van der Waals surface area contributed by atoms with Crippen molar-refractivity contribution >= 4 is 23.3 Å². The van der Waals surface area contributed by atoms with Crippen LogP contribution in [0.2, 0.25) is 0 Å². The van der Waals surface area contributed by atoms with Crippen LogP contribution in [0.4, 0.5) is 17.3 Å². The van der Waals surface area contributed by atoms with Gasteiger partial charge in [0.05, 0.1) is 17.9 Å². The van der Waals surface area contributed by atoms with Crippen molar-refractivity contribution in [3.63, 3.8) is 0 Å². The topological polar surface area (TPSA) is 67.3 Å². The molecule has 0 radical (unpaired) electrons. The van der Waals surface area contributed by atoms with E-state index in [0.29, 0.717) is 35.4 Å². The first-order valence-electron chi connectivity index (χ1n) is 9.20. The fourth-order valence-corrected chi connectivity index (χ4v) is 3.29. The van der Waals surface area contributed by atoms with Gasteiger partial charge >= 0.3 is 5.97 Å². The van der Waals surface area contributed by atoms with Crippen LogP contribution in [0.3, 0.4) is 0 Å². The molecule has 6 nitrogen and oxygen atoms in total. The summed E-state index contributed by atoms with van der Waals surface area (Å²) in [6, 6.07) is 9.26. The summed E-state index contributed by atoms with van der Waals surface area (Å²) in [5, 5.41) is 3.26. The lowest BCUT2D eigenvalue weighted by atomic mass is 10.0. The van der Waals surface area contributed by atoms with Gasteiger partial charge in [0.2, 0.25) is 0 Å². The van der Waals surface area contributed by atoms with Crippen molar-refractivity contribution < 1.29 is 9.53 Å². The summed E-state index contributed by atoms with van der Waals surface area (Å²) in [4.78, 5) is 23.6. The van der Waals surface area contributed by atoms with Crippen molar-refractivity contribution in [1.29, 1.82) is 0 Å². The van der Waals surface area contributed by atoms with Crippen LogP contribution in [0.5, 0.6) is 0 Å². The van der Waals surface area contributed by atoms with Gasteiger partial charge in [0.15, 0.2) is 0 Å². The minimum absolute atomic E-state index is 0.341. The predicted molar refractivity (Wildman–Crippen MR) is 103 cm³/mol. The van der Waals surface area contributed by atoms with Crippen LogP contribution in [0.25, 0.3) is 0 Å². The molecule has 1 aliphatic heterocycles. The van der Waals surface area contributed by atoms with Crippen LogP contribution in [0, 0.1) is 12.8 Å². The highest BCUT2D eigenvalue weighted by molar-refractivity contribution is 5.96. The van der Waals surface area contributed by atoms with E-state index in [1.54, 1.807) is 13.0 Å². The Labute approximate surface area is 154 Å². The van der Waals surface area contributed by atoms with E-state index < -0.39 is 0 Å². The molecule has 1 fully saturated rings. The number of carbonyl (C=O) groups excluding carboxylic acids is 1. The van der Waals surface area contributed by atoms with E-state index in [9.17, 15) is 4.79 Å². The number of hydrogen-bond acceptors (Lipinski definition) is 6. The van der Waals surface area contributed by atoms with E-state index >= 15 is 0 Å². The van der Waals surface area contributed by atoms with E-state index in [0.717, 1.165) is 18.9 Å². The highest BCUT2D eigenvalue weighted by Crippen LogP contribution is 2.26. The Morgan fingerprint density at radius 2 is 2.15 bits per heavy atom. The van der Waals surface area contributed by atoms with E-state index in [1.165, 1.54) is 12.8 Å². The van der Waals surface area contributed by atoms with Crippen molar-refractivity contribution in [2.45, 2.75) is 33.6 Å². The van der Waals surface area contributed by atoms with Crippen LogP contribution >= 0.6 is 0 Å². The Balaban J connectivity index is 1.86. The minimum atomic E-state index is -0.341. The molecular formula is C20H26N4O2. The van der Waals surface area contributed by atoms with E-state index in [1.807, 2.05) is 31.2 Å². The summed E-state index contributed by atoms with van der Waals surface area (Å²) in [6.45, 7) is 8.33. The molecule has 1 saturated heterocycles. The smallest absolute Gasteiger partial charge is 0.340 e. The number of anilines is 3. The number of hydrogen-bond donors (Lipinski definition) is 1. The molecule has 1 aliphatic rings. The highest BCUT2D eigenvalue weighted by atomic mass is 16.5. The van der Waals surface area contributed by atoms with E-state index in [2.05, 4.69) is 27.1 Å². The number of rotatable bonds is 5. The normalized spacial score (nSPS) is 17.0. The number of aryl methyl sites for hydroxylation is 1. The summed E-state index contributed by atoms with van der Waals surface area (Å²) >= 11 is 0. The number of nitrogens with zero attached hydrogens (tertiary/aromatic N) is 3. The molecule has 2 aromatic rings. The minimum Gasteiger partial charge on any atom is -0.462 e. The average Bonchev–Trinajstić information content (AvgIpc) is 2.62. The molecule has 1 atom stereocenters. The van der Waals surface area contributed by atoms with Crippen LogP contribution in [-0.4, -0.2) is 35.6 Å². The molecule has 0 spiro atoms. The third-order valence-corrected chi connectivity index (χ3v) is 4.49. The van der Waals surface area contributed by atoms with Gasteiger partial charge in [-0.2, -0.15) is 0 Å². The molecule has 1 unspecified atom stereocenters. The molecule has 0 bridgehead atoms. The lowest BCUT2D eigenvalue weighted by Gasteiger charge is -2.32. The second-order valence-corrected chi connectivity index (χ2v) is 6.74. The molecule has 1 N–H and O–H groups in total. The maximum atomic E-state index is 12.2. The fraction of sp³-hybridized carbons (Fsp3) is 0.450. The number of para-hydroxylation sites is 1. The number of ether oxygens (including phenoxy) is 1.